The molecule has 0 aliphatic carbocycles. The minimum atomic E-state index is -0.504. The van der Waals surface area contributed by atoms with Gasteiger partial charge in [0.05, 0.1) is 23.9 Å². The second kappa shape index (κ2) is 7.23. The molecule has 3 rings (SSSR count). The molecule has 0 radical (unpaired) electrons. The van der Waals surface area contributed by atoms with E-state index in [4.69, 9.17) is 4.74 Å². The number of anilines is 1. The summed E-state index contributed by atoms with van der Waals surface area (Å²) in [5.74, 6) is -0.498. The van der Waals surface area contributed by atoms with E-state index in [1.54, 1.807) is 16.9 Å². The van der Waals surface area contributed by atoms with Crippen LogP contribution in [0.4, 0.5) is 10.1 Å². The van der Waals surface area contributed by atoms with Crippen LogP contribution in [0.1, 0.15) is 25.3 Å². The average Bonchev–Trinajstić information content (AvgIpc) is 3.17. The van der Waals surface area contributed by atoms with Crippen LogP contribution in [0.2, 0.25) is 0 Å². The molecule has 2 aromatic rings. The standard InChI is InChI=1S/C18H23FN4O2/c1-11(2)25-13-4-5-17(16(19)6-13)22-18(24)15-9-20-8-14(15)12-7-21-23(3)10-12/h4-7,10-11,14-15,20H,8-9H2,1-3H3,(H,22,24)/t14-,15+/m1/s1. The molecular weight excluding hydrogens is 323 g/mol. The maximum Gasteiger partial charge on any atom is 0.229 e. The third-order valence-corrected chi connectivity index (χ3v) is 4.27. The number of hydrogen-bond donors (Lipinski definition) is 2. The van der Waals surface area contributed by atoms with Gasteiger partial charge in [-0.05, 0) is 31.5 Å². The molecular formula is C18H23FN4O2. The Morgan fingerprint density at radius 3 is 2.88 bits per heavy atom. The molecule has 0 spiro atoms. The van der Waals surface area contributed by atoms with Crippen molar-refractivity contribution in [2.75, 3.05) is 18.4 Å². The highest BCUT2D eigenvalue weighted by molar-refractivity contribution is 5.93. The number of aryl methyl sites for hydroxylation is 1. The van der Waals surface area contributed by atoms with Crippen molar-refractivity contribution in [2.24, 2.45) is 13.0 Å². The van der Waals surface area contributed by atoms with Gasteiger partial charge in [0, 0.05) is 38.3 Å². The lowest BCUT2D eigenvalue weighted by atomic mass is 9.90. The van der Waals surface area contributed by atoms with Gasteiger partial charge >= 0.3 is 0 Å². The minimum Gasteiger partial charge on any atom is -0.491 e. The molecule has 0 saturated carbocycles. The van der Waals surface area contributed by atoms with Gasteiger partial charge in [-0.15, -0.1) is 0 Å². The Bertz CT molecular complexity index is 759. The molecule has 2 N–H and O–H groups in total. The van der Waals surface area contributed by atoms with Crippen molar-refractivity contribution in [2.45, 2.75) is 25.9 Å². The molecule has 6 nitrogen and oxygen atoms in total. The predicted molar refractivity (Wildman–Crippen MR) is 93.1 cm³/mol. The summed E-state index contributed by atoms with van der Waals surface area (Å²) in [4.78, 5) is 12.6. The Morgan fingerprint density at radius 1 is 1.44 bits per heavy atom. The molecule has 0 unspecified atom stereocenters. The number of benzene rings is 1. The molecule has 1 aromatic heterocycles. The topological polar surface area (TPSA) is 68.2 Å². The van der Waals surface area contributed by atoms with Crippen LogP contribution in [-0.4, -0.2) is 34.9 Å². The highest BCUT2D eigenvalue weighted by Crippen LogP contribution is 2.29. The van der Waals surface area contributed by atoms with Gasteiger partial charge in [-0.1, -0.05) is 0 Å². The lowest BCUT2D eigenvalue weighted by molar-refractivity contribution is -0.119. The third-order valence-electron chi connectivity index (χ3n) is 4.27. The van der Waals surface area contributed by atoms with Crippen LogP contribution in [0.5, 0.6) is 5.75 Å². The summed E-state index contributed by atoms with van der Waals surface area (Å²) in [7, 11) is 1.84. The Morgan fingerprint density at radius 2 is 2.24 bits per heavy atom. The summed E-state index contributed by atoms with van der Waals surface area (Å²) >= 11 is 0. The summed E-state index contributed by atoms with van der Waals surface area (Å²) in [6.07, 6.45) is 3.65. The van der Waals surface area contributed by atoms with Crippen molar-refractivity contribution in [1.82, 2.24) is 15.1 Å². The zero-order valence-electron chi connectivity index (χ0n) is 14.6. The molecule has 25 heavy (non-hydrogen) atoms. The van der Waals surface area contributed by atoms with Gasteiger partial charge in [-0.3, -0.25) is 9.48 Å². The molecule has 1 saturated heterocycles. The van der Waals surface area contributed by atoms with Crippen molar-refractivity contribution in [3.05, 3.63) is 42.0 Å². The number of carbonyl (C=O) groups is 1. The lowest BCUT2D eigenvalue weighted by Crippen LogP contribution is -2.28. The molecule has 1 aliphatic heterocycles. The summed E-state index contributed by atoms with van der Waals surface area (Å²) in [6, 6.07) is 4.48. The van der Waals surface area contributed by atoms with Gasteiger partial charge in [-0.25, -0.2) is 4.39 Å². The van der Waals surface area contributed by atoms with Gasteiger partial charge in [0.1, 0.15) is 11.6 Å². The van der Waals surface area contributed by atoms with Crippen molar-refractivity contribution in [3.8, 4) is 5.75 Å². The van der Waals surface area contributed by atoms with Gasteiger partial charge in [0.2, 0.25) is 5.91 Å². The first-order valence-electron chi connectivity index (χ1n) is 8.40. The Kier molecular flexibility index (Phi) is 5.03. The highest BCUT2D eigenvalue weighted by Gasteiger charge is 2.35. The fraction of sp³-hybridized carbons (Fsp3) is 0.444. The van der Waals surface area contributed by atoms with E-state index in [0.717, 1.165) is 5.56 Å². The quantitative estimate of drug-likeness (QED) is 0.872. The van der Waals surface area contributed by atoms with E-state index in [1.165, 1.54) is 12.1 Å². The number of carbonyl (C=O) groups excluding carboxylic acids is 1. The Labute approximate surface area is 146 Å². The van der Waals surface area contributed by atoms with Crippen LogP contribution in [0, 0.1) is 11.7 Å². The number of nitrogens with zero attached hydrogens (tertiary/aromatic N) is 2. The molecule has 1 amide bonds. The first kappa shape index (κ1) is 17.4. The van der Waals surface area contributed by atoms with E-state index < -0.39 is 5.82 Å². The molecule has 1 aromatic carbocycles. The number of hydrogen-bond acceptors (Lipinski definition) is 4. The van der Waals surface area contributed by atoms with E-state index in [1.807, 2.05) is 27.1 Å². The lowest BCUT2D eigenvalue weighted by Gasteiger charge is -2.18. The molecule has 1 fully saturated rings. The predicted octanol–water partition coefficient (Wildman–Crippen LogP) is 2.29. The summed E-state index contributed by atoms with van der Waals surface area (Å²) < 4.78 is 21.4. The number of ether oxygens (including phenoxy) is 1. The van der Waals surface area contributed by atoms with Crippen LogP contribution in [0.15, 0.2) is 30.6 Å². The van der Waals surface area contributed by atoms with Crippen molar-refractivity contribution < 1.29 is 13.9 Å². The van der Waals surface area contributed by atoms with Crippen LogP contribution >= 0.6 is 0 Å². The minimum absolute atomic E-state index is 0.0281. The van der Waals surface area contributed by atoms with E-state index in [-0.39, 0.29) is 29.5 Å². The van der Waals surface area contributed by atoms with Crippen LogP contribution < -0.4 is 15.4 Å². The summed E-state index contributed by atoms with van der Waals surface area (Å²) in [5, 5.41) is 10.1. The second-order valence-corrected chi connectivity index (χ2v) is 6.62. The molecule has 134 valence electrons. The number of halogens is 1. The first-order valence-corrected chi connectivity index (χ1v) is 8.40. The maximum atomic E-state index is 14.2. The molecule has 1 aliphatic rings. The molecule has 2 heterocycles. The van der Waals surface area contributed by atoms with Crippen molar-refractivity contribution in [1.29, 1.82) is 0 Å². The number of rotatable bonds is 5. The first-order chi connectivity index (χ1) is 11.9. The molecule has 2 atom stereocenters. The highest BCUT2D eigenvalue weighted by atomic mass is 19.1. The van der Waals surface area contributed by atoms with Gasteiger partial charge in [-0.2, -0.15) is 5.10 Å². The normalized spacial score (nSPS) is 20.0. The fourth-order valence-corrected chi connectivity index (χ4v) is 3.10. The third kappa shape index (κ3) is 3.99. The second-order valence-electron chi connectivity index (χ2n) is 6.62. The van der Waals surface area contributed by atoms with Crippen LogP contribution in [-0.2, 0) is 11.8 Å². The molecule has 7 heteroatoms. The van der Waals surface area contributed by atoms with Gasteiger partial charge < -0.3 is 15.4 Å². The van der Waals surface area contributed by atoms with E-state index in [2.05, 4.69) is 15.7 Å². The summed E-state index contributed by atoms with van der Waals surface area (Å²) in [5.41, 5.74) is 1.17. The SMILES string of the molecule is CC(C)Oc1ccc(NC(=O)[C@H]2CNC[C@@H]2c2cnn(C)c2)c(F)c1. The summed E-state index contributed by atoms with van der Waals surface area (Å²) in [6.45, 7) is 5.01. The van der Waals surface area contributed by atoms with Crippen LogP contribution in [0.3, 0.4) is 0 Å². The van der Waals surface area contributed by atoms with Crippen molar-refractivity contribution >= 4 is 11.6 Å². The Hall–Kier alpha value is -2.41. The van der Waals surface area contributed by atoms with Gasteiger partial charge in [0.15, 0.2) is 0 Å². The Balaban J connectivity index is 1.71. The number of amides is 1. The molecule has 0 bridgehead atoms. The zero-order valence-corrected chi connectivity index (χ0v) is 14.6. The van der Waals surface area contributed by atoms with Crippen LogP contribution in [0.25, 0.3) is 0 Å². The zero-order chi connectivity index (χ0) is 18.0. The van der Waals surface area contributed by atoms with E-state index in [0.29, 0.717) is 18.8 Å². The monoisotopic (exact) mass is 346 g/mol. The average molecular weight is 346 g/mol. The van der Waals surface area contributed by atoms with Crippen molar-refractivity contribution in [3.63, 3.8) is 0 Å². The van der Waals surface area contributed by atoms with Gasteiger partial charge in [0.25, 0.3) is 0 Å². The largest absolute Gasteiger partial charge is 0.491 e. The van der Waals surface area contributed by atoms with E-state index >= 15 is 0 Å². The van der Waals surface area contributed by atoms with E-state index in [9.17, 15) is 9.18 Å². The number of aromatic nitrogens is 2. The fourth-order valence-electron chi connectivity index (χ4n) is 3.10. The maximum absolute atomic E-state index is 14.2. The number of nitrogens with one attached hydrogen (secondary N) is 2. The smallest absolute Gasteiger partial charge is 0.229 e.